The van der Waals surface area contributed by atoms with Crippen LogP contribution < -0.4 is 0 Å². The lowest BCUT2D eigenvalue weighted by Crippen LogP contribution is -2.07. The maximum absolute atomic E-state index is 4.45. The average Bonchev–Trinajstić information content (AvgIpc) is 2.77. The van der Waals surface area contributed by atoms with E-state index in [0.29, 0.717) is 5.41 Å². The third kappa shape index (κ3) is 4.64. The fourth-order valence-electron chi connectivity index (χ4n) is 2.05. The normalized spacial score (nSPS) is 11.8. The fraction of sp³-hybridized carbons (Fsp3) is 0.438. The summed E-state index contributed by atoms with van der Waals surface area (Å²) in [6.45, 7) is 7.86. The minimum atomic E-state index is 0.409. The van der Waals surface area contributed by atoms with Gasteiger partial charge in [0.1, 0.15) is 0 Å². The molecule has 2 aromatic rings. The van der Waals surface area contributed by atoms with Crippen LogP contribution in [0.15, 0.2) is 36.7 Å². The summed E-state index contributed by atoms with van der Waals surface area (Å²) in [7, 11) is 0. The van der Waals surface area contributed by atoms with Crippen molar-refractivity contribution >= 4 is 22.6 Å². The Morgan fingerprint density at radius 1 is 1.11 bits per heavy atom. The van der Waals surface area contributed by atoms with Crippen molar-refractivity contribution in [3.63, 3.8) is 0 Å². The predicted octanol–water partition coefficient (Wildman–Crippen LogP) is 4.98. The van der Waals surface area contributed by atoms with Crippen molar-refractivity contribution in [2.75, 3.05) is 0 Å². The summed E-state index contributed by atoms with van der Waals surface area (Å²) in [5.74, 6) is 0. The highest BCUT2D eigenvalue weighted by atomic mass is 127. The molecule has 0 bridgehead atoms. The molecule has 1 aromatic heterocycles. The van der Waals surface area contributed by atoms with Gasteiger partial charge in [0.25, 0.3) is 0 Å². The van der Waals surface area contributed by atoms with Gasteiger partial charge >= 0.3 is 0 Å². The third-order valence-corrected chi connectivity index (χ3v) is 3.84. The Morgan fingerprint density at radius 2 is 1.79 bits per heavy atom. The molecular formula is C16H21IN2. The maximum Gasteiger partial charge on any atom is 0.0568 e. The van der Waals surface area contributed by atoms with Gasteiger partial charge in [-0.15, -0.1) is 0 Å². The number of benzene rings is 1. The largest absolute Gasteiger partial charge is 0.272 e. The van der Waals surface area contributed by atoms with Crippen LogP contribution in [0.4, 0.5) is 0 Å². The molecule has 0 unspecified atom stereocenters. The number of hydrogen-bond donors (Lipinski definition) is 0. The lowest BCUT2D eigenvalue weighted by Gasteiger charge is -2.17. The van der Waals surface area contributed by atoms with Crippen LogP contribution in [0.3, 0.4) is 0 Å². The van der Waals surface area contributed by atoms with Crippen molar-refractivity contribution in [1.29, 1.82) is 0 Å². The van der Waals surface area contributed by atoms with Crippen LogP contribution in [0.1, 0.15) is 33.6 Å². The van der Waals surface area contributed by atoms with E-state index in [2.05, 4.69) is 83.6 Å². The van der Waals surface area contributed by atoms with Gasteiger partial charge in [0, 0.05) is 21.9 Å². The summed E-state index contributed by atoms with van der Waals surface area (Å²) in [5, 5.41) is 4.45. The van der Waals surface area contributed by atoms with E-state index in [4.69, 9.17) is 0 Å². The first-order valence-electron chi connectivity index (χ1n) is 6.72. The van der Waals surface area contributed by atoms with Crippen molar-refractivity contribution in [2.24, 2.45) is 5.41 Å². The molecule has 0 N–H and O–H groups in total. The van der Waals surface area contributed by atoms with Gasteiger partial charge in [0.15, 0.2) is 0 Å². The lowest BCUT2D eigenvalue weighted by atomic mass is 9.91. The van der Waals surface area contributed by atoms with E-state index in [0.717, 1.165) is 6.54 Å². The van der Waals surface area contributed by atoms with E-state index in [1.165, 1.54) is 27.5 Å². The molecule has 0 fully saturated rings. The van der Waals surface area contributed by atoms with Crippen LogP contribution in [0.25, 0.3) is 11.1 Å². The molecule has 0 spiro atoms. The number of aryl methyl sites for hydroxylation is 1. The van der Waals surface area contributed by atoms with E-state index in [9.17, 15) is 0 Å². The first-order valence-corrected chi connectivity index (χ1v) is 7.80. The van der Waals surface area contributed by atoms with Gasteiger partial charge in [-0.05, 0) is 58.5 Å². The zero-order chi connectivity index (χ0) is 13.9. The van der Waals surface area contributed by atoms with E-state index in [1.54, 1.807) is 0 Å². The van der Waals surface area contributed by atoms with Crippen LogP contribution in [0.2, 0.25) is 0 Å². The quantitative estimate of drug-likeness (QED) is 0.696. The maximum atomic E-state index is 4.45. The van der Waals surface area contributed by atoms with E-state index in [1.807, 2.05) is 6.20 Å². The molecule has 0 atom stereocenters. The van der Waals surface area contributed by atoms with E-state index >= 15 is 0 Å². The number of aromatic nitrogens is 2. The second kappa shape index (κ2) is 6.07. The third-order valence-electron chi connectivity index (χ3n) is 3.12. The molecule has 102 valence electrons. The lowest BCUT2D eigenvalue weighted by molar-refractivity contribution is 0.349. The summed E-state index contributed by atoms with van der Waals surface area (Å²) in [4.78, 5) is 0. The zero-order valence-electron chi connectivity index (χ0n) is 11.9. The molecule has 2 nitrogen and oxygen atoms in total. The van der Waals surface area contributed by atoms with E-state index < -0.39 is 0 Å². The molecule has 1 aromatic carbocycles. The molecule has 0 saturated heterocycles. The molecule has 0 aliphatic heterocycles. The highest BCUT2D eigenvalue weighted by Crippen LogP contribution is 2.22. The van der Waals surface area contributed by atoms with Crippen molar-refractivity contribution in [1.82, 2.24) is 9.78 Å². The van der Waals surface area contributed by atoms with Crippen molar-refractivity contribution in [3.05, 3.63) is 40.2 Å². The second-order valence-corrected chi connectivity index (χ2v) is 7.41. The predicted molar refractivity (Wildman–Crippen MR) is 89.1 cm³/mol. The van der Waals surface area contributed by atoms with Gasteiger partial charge in [0.05, 0.1) is 6.20 Å². The topological polar surface area (TPSA) is 17.8 Å². The molecule has 0 saturated carbocycles. The number of rotatable bonds is 4. The summed E-state index contributed by atoms with van der Waals surface area (Å²) >= 11 is 2.33. The minimum absolute atomic E-state index is 0.409. The molecule has 0 radical (unpaired) electrons. The Labute approximate surface area is 129 Å². The molecule has 2 rings (SSSR count). The fourth-order valence-corrected chi connectivity index (χ4v) is 2.41. The number of halogens is 1. The minimum Gasteiger partial charge on any atom is -0.272 e. The molecule has 0 amide bonds. The monoisotopic (exact) mass is 368 g/mol. The van der Waals surface area contributed by atoms with Crippen LogP contribution in [0, 0.1) is 8.99 Å². The molecule has 1 heterocycles. The Kier molecular flexibility index (Phi) is 4.66. The first kappa shape index (κ1) is 14.6. The molecule has 3 heteroatoms. The van der Waals surface area contributed by atoms with Gasteiger partial charge < -0.3 is 0 Å². The molecule has 0 aliphatic rings. The molecule has 0 aliphatic carbocycles. The Bertz CT molecular complexity index is 520. The number of nitrogens with zero attached hydrogens (tertiary/aromatic N) is 2. The Balaban J connectivity index is 1.97. The van der Waals surface area contributed by atoms with Crippen molar-refractivity contribution in [2.45, 2.75) is 40.2 Å². The molecular weight excluding hydrogens is 347 g/mol. The first-order chi connectivity index (χ1) is 8.94. The highest BCUT2D eigenvalue weighted by Gasteiger charge is 2.09. The van der Waals surface area contributed by atoms with Crippen molar-refractivity contribution in [3.8, 4) is 11.1 Å². The van der Waals surface area contributed by atoms with Crippen LogP contribution >= 0.6 is 22.6 Å². The average molecular weight is 368 g/mol. The van der Waals surface area contributed by atoms with Crippen LogP contribution in [-0.2, 0) is 6.54 Å². The summed E-state index contributed by atoms with van der Waals surface area (Å²) < 4.78 is 3.32. The van der Waals surface area contributed by atoms with Gasteiger partial charge in [0.2, 0.25) is 0 Å². The number of hydrogen-bond acceptors (Lipinski definition) is 1. The SMILES string of the molecule is CC(C)(C)CCCn1cc(-c2ccc(I)cc2)cn1. The van der Waals surface area contributed by atoms with E-state index in [-0.39, 0.29) is 0 Å². The van der Waals surface area contributed by atoms with Crippen LogP contribution in [0.5, 0.6) is 0 Å². The Hall–Kier alpha value is -0.840. The summed E-state index contributed by atoms with van der Waals surface area (Å²) in [6.07, 6.45) is 6.51. The standard InChI is InChI=1S/C16H21IN2/c1-16(2,3)9-4-10-19-12-14(11-18-19)13-5-7-15(17)8-6-13/h5-8,11-12H,4,9-10H2,1-3H3. The highest BCUT2D eigenvalue weighted by molar-refractivity contribution is 14.1. The van der Waals surface area contributed by atoms with Gasteiger partial charge in [-0.25, -0.2) is 0 Å². The molecule has 19 heavy (non-hydrogen) atoms. The Morgan fingerprint density at radius 3 is 2.42 bits per heavy atom. The summed E-state index contributed by atoms with van der Waals surface area (Å²) in [5.41, 5.74) is 2.85. The van der Waals surface area contributed by atoms with Gasteiger partial charge in [-0.3, -0.25) is 4.68 Å². The summed E-state index contributed by atoms with van der Waals surface area (Å²) in [6, 6.07) is 8.57. The zero-order valence-corrected chi connectivity index (χ0v) is 14.0. The second-order valence-electron chi connectivity index (χ2n) is 6.16. The van der Waals surface area contributed by atoms with Gasteiger partial charge in [-0.1, -0.05) is 32.9 Å². The van der Waals surface area contributed by atoms with Gasteiger partial charge in [-0.2, -0.15) is 5.10 Å². The van der Waals surface area contributed by atoms with Crippen LogP contribution in [-0.4, -0.2) is 9.78 Å². The smallest absolute Gasteiger partial charge is 0.0568 e. The van der Waals surface area contributed by atoms with Crippen molar-refractivity contribution < 1.29 is 0 Å².